The van der Waals surface area contributed by atoms with Crippen LogP contribution in [0.2, 0.25) is 0 Å². The van der Waals surface area contributed by atoms with Crippen LogP contribution in [0.25, 0.3) is 0 Å². The monoisotopic (exact) mass is 324 g/mol. The Morgan fingerprint density at radius 1 is 1.32 bits per heavy atom. The van der Waals surface area contributed by atoms with Gasteiger partial charge in [0.25, 0.3) is 0 Å². The molecule has 22 heavy (non-hydrogen) atoms. The molecule has 1 aromatic rings. The van der Waals surface area contributed by atoms with Gasteiger partial charge in [-0.2, -0.15) is 0 Å². The summed E-state index contributed by atoms with van der Waals surface area (Å²) in [6, 6.07) is 5.74. The molecule has 0 saturated carbocycles. The zero-order valence-electron chi connectivity index (χ0n) is 13.6. The lowest BCUT2D eigenvalue weighted by Gasteiger charge is -2.25. The van der Waals surface area contributed by atoms with Crippen molar-refractivity contribution in [3.63, 3.8) is 0 Å². The van der Waals surface area contributed by atoms with Crippen LogP contribution in [0.4, 0.5) is 0 Å². The van der Waals surface area contributed by atoms with Gasteiger partial charge in [-0.1, -0.05) is 6.92 Å². The highest BCUT2D eigenvalue weighted by atomic mass is 32.2. The number of carbonyl (C=O) groups excluding carboxylic acids is 1. The Morgan fingerprint density at radius 2 is 2.09 bits per heavy atom. The second-order valence-corrected chi connectivity index (χ2v) is 6.42. The quantitative estimate of drug-likeness (QED) is 0.834. The summed E-state index contributed by atoms with van der Waals surface area (Å²) in [7, 11) is 5.19. The molecule has 1 heterocycles. The molecule has 0 aliphatic carbocycles. The van der Waals surface area contributed by atoms with E-state index in [1.807, 2.05) is 30.1 Å². The van der Waals surface area contributed by atoms with Gasteiger partial charge in [0, 0.05) is 18.7 Å². The predicted molar refractivity (Wildman–Crippen MR) is 89.6 cm³/mol. The molecule has 1 amide bonds. The van der Waals surface area contributed by atoms with Crippen LogP contribution in [0.15, 0.2) is 18.2 Å². The fourth-order valence-electron chi connectivity index (χ4n) is 2.59. The van der Waals surface area contributed by atoms with Gasteiger partial charge < -0.3 is 19.7 Å². The van der Waals surface area contributed by atoms with Crippen molar-refractivity contribution >= 4 is 17.7 Å². The number of rotatable bonds is 7. The number of nitrogens with one attached hydrogen (secondary N) is 1. The second-order valence-electron chi connectivity index (χ2n) is 5.13. The molecule has 1 fully saturated rings. The highest BCUT2D eigenvalue weighted by molar-refractivity contribution is 8.01. The smallest absolute Gasteiger partial charge is 0.236 e. The maximum absolute atomic E-state index is 12.6. The molecule has 1 aromatic carbocycles. The molecule has 5 nitrogen and oxygen atoms in total. The van der Waals surface area contributed by atoms with Gasteiger partial charge in [-0.05, 0) is 31.7 Å². The first kappa shape index (κ1) is 17.0. The molecular weight excluding hydrogens is 300 g/mol. The summed E-state index contributed by atoms with van der Waals surface area (Å²) in [5.41, 5.74) is 0.993. The van der Waals surface area contributed by atoms with E-state index in [9.17, 15) is 4.79 Å². The van der Waals surface area contributed by atoms with E-state index in [-0.39, 0.29) is 16.5 Å². The second kappa shape index (κ2) is 7.74. The Kier molecular flexibility index (Phi) is 5.97. The molecule has 1 aliphatic rings. The number of hydrogen-bond acceptors (Lipinski definition) is 5. The number of ether oxygens (including phenoxy) is 2. The van der Waals surface area contributed by atoms with Crippen LogP contribution in [0.3, 0.4) is 0 Å². The molecule has 0 spiro atoms. The molecular formula is C16H24N2O3S. The van der Waals surface area contributed by atoms with Gasteiger partial charge in [0.05, 0.1) is 19.5 Å². The van der Waals surface area contributed by atoms with Crippen LogP contribution in [-0.4, -0.2) is 50.4 Å². The van der Waals surface area contributed by atoms with Crippen LogP contribution in [0.5, 0.6) is 11.5 Å². The summed E-state index contributed by atoms with van der Waals surface area (Å²) in [6.07, 6.45) is 0.836. The first-order valence-corrected chi connectivity index (χ1v) is 8.43. The summed E-state index contributed by atoms with van der Waals surface area (Å²) in [6.45, 7) is 3.51. The zero-order chi connectivity index (χ0) is 16.1. The van der Waals surface area contributed by atoms with Crippen LogP contribution in [-0.2, 0) is 4.79 Å². The minimum Gasteiger partial charge on any atom is -0.497 e. The fourth-order valence-corrected chi connectivity index (χ4v) is 4.03. The zero-order valence-corrected chi connectivity index (χ0v) is 14.4. The SMILES string of the molecule is CC[C@@H]1S[C@H](c2cc(OC)ccc2OC)N(CCNC)C1=O. The summed E-state index contributed by atoms with van der Waals surface area (Å²) >= 11 is 1.69. The molecule has 0 aromatic heterocycles. The van der Waals surface area contributed by atoms with Crippen molar-refractivity contribution in [1.29, 1.82) is 0 Å². The Hall–Kier alpha value is -1.40. The fraction of sp³-hybridized carbons (Fsp3) is 0.562. The lowest BCUT2D eigenvalue weighted by atomic mass is 10.1. The van der Waals surface area contributed by atoms with Crippen LogP contribution in [0.1, 0.15) is 24.3 Å². The molecule has 2 rings (SSSR count). The van der Waals surface area contributed by atoms with Gasteiger partial charge in [-0.3, -0.25) is 4.79 Å². The summed E-state index contributed by atoms with van der Waals surface area (Å²) in [4.78, 5) is 14.5. The van der Waals surface area contributed by atoms with E-state index < -0.39 is 0 Å². The van der Waals surface area contributed by atoms with E-state index in [0.29, 0.717) is 6.54 Å². The number of methoxy groups -OCH3 is 2. The summed E-state index contributed by atoms with van der Waals surface area (Å²) < 4.78 is 10.8. The molecule has 122 valence electrons. The summed E-state index contributed by atoms with van der Waals surface area (Å²) in [5.74, 6) is 1.77. The van der Waals surface area contributed by atoms with Crippen molar-refractivity contribution in [1.82, 2.24) is 10.2 Å². The number of carbonyl (C=O) groups is 1. The molecule has 1 saturated heterocycles. The standard InChI is InChI=1S/C16H24N2O3S/c1-5-14-15(19)18(9-8-17-2)16(22-14)12-10-11(20-3)6-7-13(12)21-4/h6-7,10,14,16-17H,5,8-9H2,1-4H3/t14-,16+/m0/s1. The lowest BCUT2D eigenvalue weighted by molar-refractivity contribution is -0.130. The van der Waals surface area contributed by atoms with Crippen molar-refractivity contribution in [3.8, 4) is 11.5 Å². The van der Waals surface area contributed by atoms with Crippen molar-refractivity contribution in [2.45, 2.75) is 24.0 Å². The van der Waals surface area contributed by atoms with Crippen molar-refractivity contribution in [2.24, 2.45) is 0 Å². The third kappa shape index (κ3) is 3.33. The van der Waals surface area contributed by atoms with Gasteiger partial charge in [0.15, 0.2) is 0 Å². The molecule has 1 aliphatic heterocycles. The highest BCUT2D eigenvalue weighted by Crippen LogP contribution is 2.47. The average molecular weight is 324 g/mol. The molecule has 0 bridgehead atoms. The topological polar surface area (TPSA) is 50.8 Å². The largest absolute Gasteiger partial charge is 0.497 e. The van der Waals surface area contributed by atoms with Crippen LogP contribution < -0.4 is 14.8 Å². The van der Waals surface area contributed by atoms with Crippen molar-refractivity contribution in [2.75, 3.05) is 34.4 Å². The van der Waals surface area contributed by atoms with Gasteiger partial charge in [0.2, 0.25) is 5.91 Å². The third-order valence-electron chi connectivity index (χ3n) is 3.81. The first-order chi connectivity index (χ1) is 10.7. The van der Waals surface area contributed by atoms with Crippen molar-refractivity contribution in [3.05, 3.63) is 23.8 Å². The van der Waals surface area contributed by atoms with E-state index in [0.717, 1.165) is 30.0 Å². The maximum Gasteiger partial charge on any atom is 0.236 e. The van der Waals surface area contributed by atoms with Gasteiger partial charge in [-0.25, -0.2) is 0 Å². The Labute approximate surface area is 136 Å². The lowest BCUT2D eigenvalue weighted by Crippen LogP contribution is -2.36. The van der Waals surface area contributed by atoms with Crippen LogP contribution in [0, 0.1) is 0 Å². The molecule has 2 atom stereocenters. The number of benzene rings is 1. The van der Waals surface area contributed by atoms with E-state index in [1.54, 1.807) is 26.0 Å². The number of hydrogen-bond donors (Lipinski definition) is 1. The molecule has 1 N–H and O–H groups in total. The van der Waals surface area contributed by atoms with Gasteiger partial charge in [0.1, 0.15) is 16.9 Å². The maximum atomic E-state index is 12.6. The minimum atomic E-state index is -0.0316. The number of likely N-dealkylation sites (N-methyl/N-ethyl adjacent to an activating group) is 1. The van der Waals surface area contributed by atoms with Gasteiger partial charge >= 0.3 is 0 Å². The van der Waals surface area contributed by atoms with E-state index in [2.05, 4.69) is 12.2 Å². The van der Waals surface area contributed by atoms with E-state index in [4.69, 9.17) is 9.47 Å². The van der Waals surface area contributed by atoms with E-state index in [1.165, 1.54) is 0 Å². The molecule has 0 radical (unpaired) electrons. The Morgan fingerprint density at radius 3 is 2.68 bits per heavy atom. The number of amides is 1. The molecule has 0 unspecified atom stereocenters. The normalized spacial score (nSPS) is 21.3. The third-order valence-corrected chi connectivity index (χ3v) is 5.44. The van der Waals surface area contributed by atoms with Gasteiger partial charge in [-0.15, -0.1) is 11.8 Å². The van der Waals surface area contributed by atoms with E-state index >= 15 is 0 Å². The Balaban J connectivity index is 2.37. The highest BCUT2D eigenvalue weighted by Gasteiger charge is 2.40. The Bertz CT molecular complexity index is 524. The number of thioether (sulfide) groups is 1. The summed E-state index contributed by atoms with van der Waals surface area (Å²) in [5, 5.41) is 3.09. The average Bonchev–Trinajstić information content (AvgIpc) is 2.88. The first-order valence-electron chi connectivity index (χ1n) is 7.48. The predicted octanol–water partition coefficient (Wildman–Crippen LogP) is 2.28. The number of nitrogens with zero attached hydrogens (tertiary/aromatic N) is 1. The van der Waals surface area contributed by atoms with Crippen LogP contribution >= 0.6 is 11.8 Å². The minimum absolute atomic E-state index is 0.0118. The molecule has 6 heteroatoms. The van der Waals surface area contributed by atoms with Crippen molar-refractivity contribution < 1.29 is 14.3 Å².